The third-order valence-corrected chi connectivity index (χ3v) is 4.13. The Morgan fingerprint density at radius 1 is 1.04 bits per heavy atom. The number of benzene rings is 2. The van der Waals surface area contributed by atoms with Gasteiger partial charge in [0, 0.05) is 11.9 Å². The van der Waals surface area contributed by atoms with Gasteiger partial charge in [0.25, 0.3) is 5.91 Å². The molecule has 1 amide bonds. The average molecular weight is 352 g/mol. The zero-order chi connectivity index (χ0) is 17.6. The summed E-state index contributed by atoms with van der Waals surface area (Å²) in [5.41, 5.74) is 3.85. The van der Waals surface area contributed by atoms with Crippen molar-refractivity contribution < 1.29 is 4.79 Å². The van der Waals surface area contributed by atoms with Gasteiger partial charge in [0.05, 0.1) is 28.2 Å². The molecule has 0 unspecified atom stereocenters. The van der Waals surface area contributed by atoms with Crippen LogP contribution >= 0.6 is 11.6 Å². The molecule has 0 saturated heterocycles. The van der Waals surface area contributed by atoms with Crippen LogP contribution in [0.2, 0.25) is 5.02 Å². The first-order valence-corrected chi connectivity index (χ1v) is 8.41. The van der Waals surface area contributed by atoms with Crippen molar-refractivity contribution in [3.05, 3.63) is 83.1 Å². The van der Waals surface area contributed by atoms with Gasteiger partial charge >= 0.3 is 0 Å². The minimum absolute atomic E-state index is 0.198. The number of aryl methyl sites for hydroxylation is 1. The third kappa shape index (κ3) is 4.17. The summed E-state index contributed by atoms with van der Waals surface area (Å²) in [6.07, 6.45) is 4.05. The number of carbonyl (C=O) groups is 1. The molecule has 0 saturated carbocycles. The van der Waals surface area contributed by atoms with E-state index >= 15 is 0 Å². The number of hydrogen-bond acceptors (Lipinski definition) is 3. The summed E-state index contributed by atoms with van der Waals surface area (Å²) in [6.45, 7) is 2.06. The standard InChI is InChI=1S/C20H18ClN3O/c1-2-14-7-3-5-9-18(14)24-20(25)15-11-16(13-22-12-15)23-19-10-6-4-8-17(19)21/h3-13,23H,2H2,1H3,(H,24,25). The van der Waals surface area contributed by atoms with Crippen LogP contribution in [-0.2, 0) is 6.42 Å². The van der Waals surface area contributed by atoms with E-state index in [-0.39, 0.29) is 5.91 Å². The predicted molar refractivity (Wildman–Crippen MR) is 103 cm³/mol. The van der Waals surface area contributed by atoms with Gasteiger partial charge in [-0.15, -0.1) is 0 Å². The lowest BCUT2D eigenvalue weighted by atomic mass is 10.1. The monoisotopic (exact) mass is 351 g/mol. The molecule has 0 bridgehead atoms. The number of anilines is 3. The highest BCUT2D eigenvalue weighted by atomic mass is 35.5. The van der Waals surface area contributed by atoms with Crippen LogP contribution in [0.25, 0.3) is 0 Å². The van der Waals surface area contributed by atoms with E-state index in [0.29, 0.717) is 16.3 Å². The van der Waals surface area contributed by atoms with E-state index in [1.165, 1.54) is 0 Å². The van der Waals surface area contributed by atoms with Crippen molar-refractivity contribution in [2.45, 2.75) is 13.3 Å². The van der Waals surface area contributed by atoms with Gasteiger partial charge in [-0.3, -0.25) is 9.78 Å². The van der Waals surface area contributed by atoms with Crippen molar-refractivity contribution in [3.63, 3.8) is 0 Å². The minimum atomic E-state index is -0.198. The quantitative estimate of drug-likeness (QED) is 0.656. The second kappa shape index (κ2) is 7.81. The maximum atomic E-state index is 12.5. The molecule has 3 aromatic rings. The molecule has 1 aromatic heterocycles. The summed E-state index contributed by atoms with van der Waals surface area (Å²) >= 11 is 6.15. The number of para-hydroxylation sites is 2. The largest absolute Gasteiger partial charge is 0.353 e. The minimum Gasteiger partial charge on any atom is -0.353 e. The van der Waals surface area contributed by atoms with E-state index in [4.69, 9.17) is 11.6 Å². The Bertz CT molecular complexity index is 895. The normalized spacial score (nSPS) is 10.3. The van der Waals surface area contributed by atoms with E-state index in [1.807, 2.05) is 42.5 Å². The first-order chi connectivity index (χ1) is 12.2. The van der Waals surface area contributed by atoms with Crippen molar-refractivity contribution in [2.75, 3.05) is 10.6 Å². The molecule has 1 heterocycles. The van der Waals surface area contributed by atoms with Crippen LogP contribution in [0.3, 0.4) is 0 Å². The van der Waals surface area contributed by atoms with Gasteiger partial charge in [0.2, 0.25) is 0 Å². The average Bonchev–Trinajstić information content (AvgIpc) is 2.64. The molecule has 0 aliphatic carbocycles. The molecule has 3 rings (SSSR count). The van der Waals surface area contributed by atoms with E-state index in [9.17, 15) is 4.79 Å². The number of aromatic nitrogens is 1. The molecular weight excluding hydrogens is 334 g/mol. The van der Waals surface area contributed by atoms with Crippen molar-refractivity contribution in [2.24, 2.45) is 0 Å². The Morgan fingerprint density at radius 3 is 2.52 bits per heavy atom. The number of carbonyl (C=O) groups excluding carboxylic acids is 1. The van der Waals surface area contributed by atoms with Crippen molar-refractivity contribution >= 4 is 34.6 Å². The molecule has 0 fully saturated rings. The van der Waals surface area contributed by atoms with Crippen LogP contribution < -0.4 is 10.6 Å². The second-order valence-electron chi connectivity index (χ2n) is 5.53. The van der Waals surface area contributed by atoms with Gasteiger partial charge in [-0.2, -0.15) is 0 Å². The molecule has 0 atom stereocenters. The molecule has 2 N–H and O–H groups in total. The van der Waals surface area contributed by atoms with E-state index in [1.54, 1.807) is 24.5 Å². The summed E-state index contributed by atoms with van der Waals surface area (Å²) in [5, 5.41) is 6.73. The van der Waals surface area contributed by atoms with Gasteiger partial charge in [0.15, 0.2) is 0 Å². The van der Waals surface area contributed by atoms with Crippen molar-refractivity contribution in [1.29, 1.82) is 0 Å². The SMILES string of the molecule is CCc1ccccc1NC(=O)c1cncc(Nc2ccccc2Cl)c1. The number of nitrogens with one attached hydrogen (secondary N) is 2. The van der Waals surface area contributed by atoms with Crippen LogP contribution in [-0.4, -0.2) is 10.9 Å². The number of rotatable bonds is 5. The molecule has 0 aliphatic rings. The molecule has 126 valence electrons. The highest BCUT2D eigenvalue weighted by molar-refractivity contribution is 6.33. The predicted octanol–water partition coefficient (Wildman–Crippen LogP) is 5.29. The van der Waals surface area contributed by atoms with Gasteiger partial charge in [-0.25, -0.2) is 0 Å². The number of nitrogens with zero attached hydrogens (tertiary/aromatic N) is 1. The zero-order valence-electron chi connectivity index (χ0n) is 13.8. The van der Waals surface area contributed by atoms with Crippen LogP contribution in [0.15, 0.2) is 67.0 Å². The molecule has 25 heavy (non-hydrogen) atoms. The maximum Gasteiger partial charge on any atom is 0.257 e. The highest BCUT2D eigenvalue weighted by Crippen LogP contribution is 2.25. The third-order valence-electron chi connectivity index (χ3n) is 3.80. The van der Waals surface area contributed by atoms with Crippen molar-refractivity contribution in [3.8, 4) is 0 Å². The van der Waals surface area contributed by atoms with E-state index < -0.39 is 0 Å². The van der Waals surface area contributed by atoms with Crippen LogP contribution in [0.5, 0.6) is 0 Å². The van der Waals surface area contributed by atoms with Crippen LogP contribution in [0.4, 0.5) is 17.1 Å². The summed E-state index contributed by atoms with van der Waals surface area (Å²) in [4.78, 5) is 16.7. The fourth-order valence-corrected chi connectivity index (χ4v) is 2.68. The lowest BCUT2D eigenvalue weighted by Gasteiger charge is -2.11. The van der Waals surface area contributed by atoms with E-state index in [2.05, 4.69) is 22.5 Å². The van der Waals surface area contributed by atoms with Crippen molar-refractivity contribution in [1.82, 2.24) is 4.98 Å². The number of amides is 1. The lowest BCUT2D eigenvalue weighted by molar-refractivity contribution is 0.102. The lowest BCUT2D eigenvalue weighted by Crippen LogP contribution is -2.13. The Balaban J connectivity index is 1.79. The topological polar surface area (TPSA) is 54.0 Å². The van der Waals surface area contributed by atoms with Crippen LogP contribution in [0, 0.1) is 0 Å². The van der Waals surface area contributed by atoms with Gasteiger partial charge in [-0.1, -0.05) is 48.9 Å². The summed E-state index contributed by atoms with van der Waals surface area (Å²) < 4.78 is 0. The maximum absolute atomic E-state index is 12.5. The molecule has 4 nitrogen and oxygen atoms in total. The van der Waals surface area contributed by atoms with E-state index in [0.717, 1.165) is 23.4 Å². The summed E-state index contributed by atoms with van der Waals surface area (Å²) in [6, 6.07) is 16.9. The fraction of sp³-hybridized carbons (Fsp3) is 0.100. The number of pyridine rings is 1. The smallest absolute Gasteiger partial charge is 0.257 e. The zero-order valence-corrected chi connectivity index (χ0v) is 14.5. The van der Waals surface area contributed by atoms with Gasteiger partial charge < -0.3 is 10.6 Å². The fourth-order valence-electron chi connectivity index (χ4n) is 2.50. The molecule has 0 aliphatic heterocycles. The Morgan fingerprint density at radius 2 is 1.76 bits per heavy atom. The van der Waals surface area contributed by atoms with Gasteiger partial charge in [0.1, 0.15) is 0 Å². The number of halogens is 1. The molecule has 2 aromatic carbocycles. The summed E-state index contributed by atoms with van der Waals surface area (Å²) in [5.74, 6) is -0.198. The first-order valence-electron chi connectivity index (χ1n) is 8.03. The molecule has 0 radical (unpaired) electrons. The van der Waals surface area contributed by atoms with Crippen LogP contribution in [0.1, 0.15) is 22.8 Å². The Kier molecular flexibility index (Phi) is 5.31. The Labute approximate surface area is 151 Å². The first kappa shape index (κ1) is 17.0. The highest BCUT2D eigenvalue weighted by Gasteiger charge is 2.10. The molecule has 5 heteroatoms. The molecular formula is C20H18ClN3O. The Hall–Kier alpha value is -2.85. The second-order valence-corrected chi connectivity index (χ2v) is 5.94. The molecule has 0 spiro atoms. The number of hydrogen-bond donors (Lipinski definition) is 2. The van der Waals surface area contributed by atoms with Gasteiger partial charge in [-0.05, 0) is 36.2 Å². The summed E-state index contributed by atoms with van der Waals surface area (Å²) in [7, 11) is 0.